The van der Waals surface area contributed by atoms with E-state index in [0.29, 0.717) is 45.3 Å². The van der Waals surface area contributed by atoms with Gasteiger partial charge >= 0.3 is 5.97 Å². The SMILES string of the molecule is O=C(OCCNc1nc(-c2cc(-c3ccon3)n(Cc3ccccc3F)n2)ncc1F)c1ccccn1.OCCNc1nc(-c2cc(-c3ccon3)n(Cc3ccccc3F)n2)ncc1F. The lowest BCUT2D eigenvalue weighted by molar-refractivity contribution is 0.0513. The third kappa shape index (κ3) is 10.6. The maximum Gasteiger partial charge on any atom is 0.356 e. The fourth-order valence-electron chi connectivity index (χ4n) is 6.24. The zero-order chi connectivity index (χ0) is 45.8. The average molecular weight is 902 g/mol. The number of aliphatic hydroxyl groups is 1. The molecule has 18 nitrogen and oxygen atoms in total. The van der Waals surface area contributed by atoms with E-state index in [9.17, 15) is 22.4 Å². The Morgan fingerprint density at radius 2 is 1.14 bits per heavy atom. The third-order valence-corrected chi connectivity index (χ3v) is 9.37. The van der Waals surface area contributed by atoms with Crippen molar-refractivity contribution in [2.75, 3.05) is 36.9 Å². The standard InChI is InChI=1S/C25H19F2N7O3.C19H16F2N6O2/c26-17-6-2-1-5-16(17)15-34-22(19-8-11-37-33-19)13-21(32-34)24-30-14-18(27)23(31-24)29-10-12-36-25(35)20-7-3-4-9-28-20;20-13-4-2-1-3-12(13)11-27-17(15-5-8-29-26-15)9-16(25-27)19-23-10-14(21)18(24-19)22-6-7-28/h1-9,11,13-14H,10,12,15H2,(H,29,30,31);1-5,8-10,28H,6-7,11H2,(H,22,23,24). The average Bonchev–Trinajstić information content (AvgIpc) is 4.19. The van der Waals surface area contributed by atoms with Crippen LogP contribution in [0.1, 0.15) is 21.6 Å². The second kappa shape index (κ2) is 20.7. The lowest BCUT2D eigenvalue weighted by Crippen LogP contribution is -2.16. The molecule has 0 aliphatic carbocycles. The van der Waals surface area contributed by atoms with E-state index in [1.54, 1.807) is 82.2 Å². The van der Waals surface area contributed by atoms with Gasteiger partial charge in [0.05, 0.1) is 50.0 Å². The van der Waals surface area contributed by atoms with E-state index in [1.165, 1.54) is 36.9 Å². The Kier molecular flexibility index (Phi) is 13.8. The second-order valence-electron chi connectivity index (χ2n) is 13.8. The number of aromatic nitrogens is 11. The zero-order valence-electron chi connectivity index (χ0n) is 34.3. The molecule has 334 valence electrons. The monoisotopic (exact) mass is 901 g/mol. The minimum Gasteiger partial charge on any atom is -0.459 e. The fourth-order valence-corrected chi connectivity index (χ4v) is 6.24. The van der Waals surface area contributed by atoms with Crippen LogP contribution in [-0.4, -0.2) is 92.2 Å². The van der Waals surface area contributed by atoms with E-state index < -0.39 is 17.6 Å². The molecule has 66 heavy (non-hydrogen) atoms. The normalized spacial score (nSPS) is 10.9. The van der Waals surface area contributed by atoms with Crippen LogP contribution in [0.5, 0.6) is 0 Å². The van der Waals surface area contributed by atoms with Crippen molar-refractivity contribution in [2.45, 2.75) is 13.1 Å². The molecule has 0 saturated carbocycles. The van der Waals surface area contributed by atoms with Gasteiger partial charge in [0.2, 0.25) is 0 Å². The first-order chi connectivity index (χ1) is 32.2. The molecular weight excluding hydrogens is 867 g/mol. The van der Waals surface area contributed by atoms with Crippen molar-refractivity contribution in [3.63, 3.8) is 0 Å². The molecule has 0 saturated heterocycles. The summed E-state index contributed by atoms with van der Waals surface area (Å²) in [5.74, 6) is -2.50. The molecule has 0 spiro atoms. The van der Waals surface area contributed by atoms with Gasteiger partial charge in [0.15, 0.2) is 34.9 Å². The van der Waals surface area contributed by atoms with Crippen molar-refractivity contribution in [1.82, 2.24) is 54.8 Å². The van der Waals surface area contributed by atoms with E-state index in [1.807, 2.05) is 0 Å². The minimum absolute atomic E-state index is 0.0399. The second-order valence-corrected chi connectivity index (χ2v) is 13.8. The number of nitrogens with one attached hydrogen (secondary N) is 2. The van der Waals surface area contributed by atoms with Gasteiger partial charge in [-0.2, -0.15) is 10.2 Å². The first kappa shape index (κ1) is 44.0. The molecule has 0 bridgehead atoms. The van der Waals surface area contributed by atoms with Crippen LogP contribution in [0.2, 0.25) is 0 Å². The van der Waals surface area contributed by atoms with E-state index in [4.69, 9.17) is 18.9 Å². The number of ether oxygens (including phenoxy) is 1. The number of aliphatic hydroxyl groups excluding tert-OH is 1. The number of carbonyl (C=O) groups is 1. The van der Waals surface area contributed by atoms with Crippen LogP contribution in [0.3, 0.4) is 0 Å². The lowest BCUT2D eigenvalue weighted by atomic mass is 10.2. The molecule has 0 aliphatic heterocycles. The van der Waals surface area contributed by atoms with E-state index >= 15 is 0 Å². The molecule has 0 aliphatic rings. The molecule has 0 fully saturated rings. The van der Waals surface area contributed by atoms with Crippen LogP contribution in [0.25, 0.3) is 45.8 Å². The van der Waals surface area contributed by atoms with Crippen molar-refractivity contribution in [2.24, 2.45) is 0 Å². The predicted molar refractivity (Wildman–Crippen MR) is 227 cm³/mol. The molecule has 0 atom stereocenters. The Hall–Kier alpha value is -8.66. The number of carbonyl (C=O) groups excluding carboxylic acids is 1. The summed E-state index contributed by atoms with van der Waals surface area (Å²) in [6.45, 7) is 0.278. The first-order valence-corrected chi connectivity index (χ1v) is 19.9. The molecular formula is C44H35F4N13O5. The summed E-state index contributed by atoms with van der Waals surface area (Å²) in [6.07, 6.45) is 6.34. The molecule has 7 aromatic heterocycles. The molecule has 22 heteroatoms. The van der Waals surface area contributed by atoms with Gasteiger partial charge in [-0.15, -0.1) is 0 Å². The lowest BCUT2D eigenvalue weighted by Gasteiger charge is -2.08. The Morgan fingerprint density at radius 3 is 1.61 bits per heavy atom. The topological polar surface area (TPSA) is 223 Å². The number of benzene rings is 2. The minimum atomic E-state index is -0.692. The summed E-state index contributed by atoms with van der Waals surface area (Å²) in [7, 11) is 0. The highest BCUT2D eigenvalue weighted by Crippen LogP contribution is 2.28. The summed E-state index contributed by atoms with van der Waals surface area (Å²) in [6, 6.07) is 24.2. The Morgan fingerprint density at radius 1 is 0.621 bits per heavy atom. The molecule has 9 rings (SSSR count). The number of hydrogen-bond acceptors (Lipinski definition) is 16. The van der Waals surface area contributed by atoms with Gasteiger partial charge in [0, 0.05) is 36.0 Å². The molecule has 9 aromatic rings. The largest absolute Gasteiger partial charge is 0.459 e. The summed E-state index contributed by atoms with van der Waals surface area (Å²) in [4.78, 5) is 32.3. The van der Waals surface area contributed by atoms with Gasteiger partial charge in [-0.05, 0) is 36.4 Å². The highest BCUT2D eigenvalue weighted by atomic mass is 19.1. The molecule has 7 heterocycles. The van der Waals surface area contributed by atoms with Gasteiger partial charge in [-0.25, -0.2) is 47.3 Å². The van der Waals surface area contributed by atoms with Crippen LogP contribution >= 0.6 is 0 Å². The number of anilines is 2. The maximum absolute atomic E-state index is 14.4. The molecule has 0 unspecified atom stereocenters. The summed E-state index contributed by atoms with van der Waals surface area (Å²) in [5, 5.41) is 31.2. The van der Waals surface area contributed by atoms with Crippen LogP contribution in [0.15, 0.2) is 131 Å². The van der Waals surface area contributed by atoms with E-state index in [2.05, 4.69) is 56.1 Å². The number of hydrogen-bond donors (Lipinski definition) is 3. The molecule has 0 radical (unpaired) electrons. The highest BCUT2D eigenvalue weighted by molar-refractivity contribution is 5.87. The van der Waals surface area contributed by atoms with Crippen LogP contribution < -0.4 is 10.6 Å². The van der Waals surface area contributed by atoms with E-state index in [0.717, 1.165) is 12.4 Å². The van der Waals surface area contributed by atoms with Crippen LogP contribution in [0.4, 0.5) is 29.2 Å². The molecule has 3 N–H and O–H groups in total. The first-order valence-electron chi connectivity index (χ1n) is 19.9. The van der Waals surface area contributed by atoms with Crippen LogP contribution in [-0.2, 0) is 17.8 Å². The maximum atomic E-state index is 14.4. The summed E-state index contributed by atoms with van der Waals surface area (Å²) >= 11 is 0. The summed E-state index contributed by atoms with van der Waals surface area (Å²) in [5.41, 5.74) is 3.79. The highest BCUT2D eigenvalue weighted by Gasteiger charge is 2.20. The van der Waals surface area contributed by atoms with Gasteiger partial charge in [-0.1, -0.05) is 52.8 Å². The van der Waals surface area contributed by atoms with Crippen molar-refractivity contribution in [1.29, 1.82) is 0 Å². The predicted octanol–water partition coefficient (Wildman–Crippen LogP) is 6.71. The van der Waals surface area contributed by atoms with Crippen molar-refractivity contribution in [3.05, 3.63) is 162 Å². The van der Waals surface area contributed by atoms with Gasteiger partial charge in [0.1, 0.15) is 59.2 Å². The van der Waals surface area contributed by atoms with Gasteiger partial charge in [0.25, 0.3) is 0 Å². The number of esters is 1. The molecule has 2 aromatic carbocycles. The third-order valence-electron chi connectivity index (χ3n) is 9.37. The van der Waals surface area contributed by atoms with Crippen molar-refractivity contribution < 1.29 is 41.2 Å². The number of nitrogens with zero attached hydrogens (tertiary/aromatic N) is 11. The van der Waals surface area contributed by atoms with Crippen molar-refractivity contribution in [3.8, 4) is 45.8 Å². The van der Waals surface area contributed by atoms with E-state index in [-0.39, 0.29) is 80.0 Å². The van der Waals surface area contributed by atoms with Crippen LogP contribution in [0, 0.1) is 23.3 Å². The quantitative estimate of drug-likeness (QED) is 0.0521. The van der Waals surface area contributed by atoms with Gasteiger partial charge in [-0.3, -0.25) is 9.36 Å². The Balaban J connectivity index is 0.000000185. The zero-order valence-corrected chi connectivity index (χ0v) is 34.3. The Bertz CT molecular complexity index is 3020. The summed E-state index contributed by atoms with van der Waals surface area (Å²) < 4.78 is 74.8. The smallest absolute Gasteiger partial charge is 0.356 e. The van der Waals surface area contributed by atoms with Gasteiger partial charge < -0.3 is 29.5 Å². The molecule has 0 amide bonds. The van der Waals surface area contributed by atoms with Crippen molar-refractivity contribution >= 4 is 17.6 Å². The number of rotatable bonds is 16. The number of halogens is 4. The Labute approximate surface area is 371 Å². The number of pyridine rings is 1. The fraction of sp³-hybridized carbons (Fsp3) is 0.136.